The number of aromatic nitrogens is 2. The van der Waals surface area contributed by atoms with Gasteiger partial charge in [0.2, 0.25) is 0 Å². The highest BCUT2D eigenvalue weighted by molar-refractivity contribution is 7.17. The van der Waals surface area contributed by atoms with Crippen LogP contribution in [0.5, 0.6) is 0 Å². The second kappa shape index (κ2) is 9.54. The molecule has 3 aromatic heterocycles. The van der Waals surface area contributed by atoms with Gasteiger partial charge in [-0.1, -0.05) is 42.5 Å². The summed E-state index contributed by atoms with van der Waals surface area (Å²) in [6, 6.07) is 21.0. The molecule has 4 heterocycles. The molecule has 4 heteroatoms. The van der Waals surface area contributed by atoms with Crippen molar-refractivity contribution in [2.45, 2.75) is 0 Å². The van der Waals surface area contributed by atoms with Gasteiger partial charge in [-0.3, -0.25) is 0 Å². The molecular weight excluding hydrogens is 398 g/mol. The highest BCUT2D eigenvalue weighted by atomic mass is 32.1. The Morgan fingerprint density at radius 1 is 0.677 bits per heavy atom. The molecule has 0 radical (unpaired) electrons. The minimum Gasteiger partial charge on any atom is -0.357 e. The lowest BCUT2D eigenvalue weighted by Gasteiger charge is -2.02. The van der Waals surface area contributed by atoms with Crippen molar-refractivity contribution in [3.8, 4) is 0 Å². The van der Waals surface area contributed by atoms with Crippen LogP contribution in [0.4, 0.5) is 0 Å². The lowest BCUT2D eigenvalue weighted by molar-refractivity contribution is 0.635. The van der Waals surface area contributed by atoms with Crippen molar-refractivity contribution in [2.24, 2.45) is 14.1 Å². The van der Waals surface area contributed by atoms with Crippen LogP contribution in [0.2, 0.25) is 0 Å². The lowest BCUT2D eigenvalue weighted by atomic mass is 10.1. The summed E-state index contributed by atoms with van der Waals surface area (Å²) in [5.41, 5.74) is 3.85. The molecule has 0 saturated carbocycles. The summed E-state index contributed by atoms with van der Waals surface area (Å²) in [7, 11) is 6.13. The smallest absolute Gasteiger partial charge is 0.0519 e. The molecule has 31 heavy (non-hydrogen) atoms. The fourth-order valence-corrected chi connectivity index (χ4v) is 4.31. The minimum absolute atomic E-state index is 1.28. The highest BCUT2D eigenvalue weighted by Gasteiger charge is 1.97. The third kappa shape index (κ3) is 5.16. The standard InChI is InChI=1S/C11H11N.C9H9N.C7H7NS/c1-12-8-6-10-4-2-3-5-11(10)7-9-12;1-10-7-6-8-4-2-3-5-9(8)10;1-8-4-6-2-3-9-7(6)5-8/h2-9H,1H3;2-7H,1H3;2-5H,1H3. The van der Waals surface area contributed by atoms with E-state index in [1.54, 1.807) is 11.3 Å². The summed E-state index contributed by atoms with van der Waals surface area (Å²) in [6.45, 7) is 0. The van der Waals surface area contributed by atoms with Crippen molar-refractivity contribution in [3.05, 3.63) is 108 Å². The van der Waals surface area contributed by atoms with Crippen LogP contribution in [-0.2, 0) is 14.1 Å². The molecule has 0 atom stereocenters. The Hall–Kier alpha value is -3.50. The lowest BCUT2D eigenvalue weighted by Crippen LogP contribution is -1.97. The maximum Gasteiger partial charge on any atom is 0.0519 e. The van der Waals surface area contributed by atoms with E-state index in [-0.39, 0.29) is 0 Å². The molecule has 1 aliphatic rings. The maximum atomic E-state index is 2.14. The van der Waals surface area contributed by atoms with Crippen molar-refractivity contribution in [1.82, 2.24) is 14.0 Å². The van der Waals surface area contributed by atoms with Crippen LogP contribution in [0.25, 0.3) is 33.1 Å². The summed E-state index contributed by atoms with van der Waals surface area (Å²) in [4.78, 5) is 2.04. The number of hydrogen-bond donors (Lipinski definition) is 0. The second-order valence-electron chi connectivity index (χ2n) is 7.58. The molecule has 1 aliphatic heterocycles. The average Bonchev–Trinajstić information content (AvgIpc) is 3.43. The van der Waals surface area contributed by atoms with Gasteiger partial charge in [-0.2, -0.15) is 0 Å². The molecule has 0 amide bonds. The molecule has 5 aromatic rings. The number of rotatable bonds is 0. The normalized spacial score (nSPS) is 12.0. The molecule has 0 spiro atoms. The van der Waals surface area contributed by atoms with Gasteiger partial charge in [0.1, 0.15) is 0 Å². The fraction of sp³-hybridized carbons (Fsp3) is 0.111. The van der Waals surface area contributed by atoms with E-state index in [0.29, 0.717) is 0 Å². The molecule has 3 nitrogen and oxygen atoms in total. The van der Waals surface area contributed by atoms with Crippen molar-refractivity contribution in [3.63, 3.8) is 0 Å². The number of benzene rings is 2. The third-order valence-electron chi connectivity index (χ3n) is 5.16. The van der Waals surface area contributed by atoms with Gasteiger partial charge >= 0.3 is 0 Å². The molecule has 0 fully saturated rings. The van der Waals surface area contributed by atoms with E-state index in [0.717, 1.165) is 0 Å². The molecule has 0 aliphatic carbocycles. The van der Waals surface area contributed by atoms with E-state index in [9.17, 15) is 0 Å². The van der Waals surface area contributed by atoms with Gasteiger partial charge in [0, 0.05) is 63.0 Å². The Labute approximate surface area is 187 Å². The molecule has 2 aromatic carbocycles. The predicted molar refractivity (Wildman–Crippen MR) is 136 cm³/mol. The number of thiophene rings is 1. The largest absolute Gasteiger partial charge is 0.357 e. The van der Waals surface area contributed by atoms with Crippen molar-refractivity contribution in [1.29, 1.82) is 0 Å². The summed E-state index contributed by atoms with van der Waals surface area (Å²) in [6.07, 6.45) is 14.7. The zero-order valence-corrected chi connectivity index (χ0v) is 19.0. The molecule has 0 saturated heterocycles. The molecule has 0 unspecified atom stereocenters. The van der Waals surface area contributed by atoms with Crippen LogP contribution in [-0.4, -0.2) is 21.1 Å². The molecule has 0 N–H and O–H groups in total. The third-order valence-corrected chi connectivity index (χ3v) is 6.03. The number of aryl methyl sites for hydroxylation is 2. The number of hydrogen-bond acceptors (Lipinski definition) is 2. The molecule has 0 bridgehead atoms. The van der Waals surface area contributed by atoms with Gasteiger partial charge in [0.05, 0.1) is 4.70 Å². The second-order valence-corrected chi connectivity index (χ2v) is 8.52. The van der Waals surface area contributed by atoms with E-state index in [1.807, 2.05) is 19.0 Å². The SMILES string of the molecule is CN1C=Cc2ccccc2C=C1.Cn1cc2ccsc2c1.Cn1ccc2ccccc21. The Morgan fingerprint density at radius 2 is 1.35 bits per heavy atom. The van der Waals surface area contributed by atoms with E-state index in [2.05, 4.69) is 125 Å². The first-order valence-electron chi connectivity index (χ1n) is 10.3. The van der Waals surface area contributed by atoms with Gasteiger partial charge < -0.3 is 14.0 Å². The van der Waals surface area contributed by atoms with Gasteiger partial charge in [0.25, 0.3) is 0 Å². The average molecular weight is 426 g/mol. The fourth-order valence-electron chi connectivity index (χ4n) is 3.47. The van der Waals surface area contributed by atoms with Crippen LogP contribution in [0, 0.1) is 0 Å². The van der Waals surface area contributed by atoms with Crippen LogP contribution in [0.1, 0.15) is 11.1 Å². The van der Waals surface area contributed by atoms with Crippen LogP contribution in [0.3, 0.4) is 0 Å². The van der Waals surface area contributed by atoms with Gasteiger partial charge in [0.15, 0.2) is 0 Å². The van der Waals surface area contributed by atoms with Crippen LogP contribution in [0.15, 0.2) is 97.0 Å². The zero-order chi connectivity index (χ0) is 21.6. The first-order valence-corrected chi connectivity index (χ1v) is 11.1. The molecule has 156 valence electrons. The van der Waals surface area contributed by atoms with Crippen molar-refractivity contribution in [2.75, 3.05) is 7.05 Å². The van der Waals surface area contributed by atoms with Crippen LogP contribution < -0.4 is 0 Å². The molecule has 6 rings (SSSR count). The Bertz CT molecular complexity index is 1270. The molecular formula is C27H27N3S. The van der Waals surface area contributed by atoms with Gasteiger partial charge in [-0.15, -0.1) is 11.3 Å². The van der Waals surface area contributed by atoms with E-state index in [4.69, 9.17) is 0 Å². The first kappa shape index (κ1) is 20.8. The Kier molecular flexibility index (Phi) is 6.39. The van der Waals surface area contributed by atoms with Crippen molar-refractivity contribution < 1.29 is 0 Å². The summed E-state index contributed by atoms with van der Waals surface area (Å²) in [5.74, 6) is 0. The van der Waals surface area contributed by atoms with E-state index < -0.39 is 0 Å². The van der Waals surface area contributed by atoms with Gasteiger partial charge in [-0.25, -0.2) is 0 Å². The zero-order valence-electron chi connectivity index (χ0n) is 18.1. The number of nitrogens with zero attached hydrogens (tertiary/aromatic N) is 3. The Balaban J connectivity index is 0.000000113. The summed E-state index contributed by atoms with van der Waals surface area (Å²) < 4.78 is 5.58. The quantitative estimate of drug-likeness (QED) is 0.260. The number of fused-ring (bicyclic) bond motifs is 3. The summed E-state index contributed by atoms with van der Waals surface area (Å²) in [5, 5.41) is 4.78. The monoisotopic (exact) mass is 425 g/mol. The van der Waals surface area contributed by atoms with Gasteiger partial charge in [-0.05, 0) is 52.2 Å². The van der Waals surface area contributed by atoms with Crippen molar-refractivity contribution >= 4 is 44.5 Å². The maximum absolute atomic E-state index is 2.14. The highest BCUT2D eigenvalue weighted by Crippen LogP contribution is 2.20. The number of para-hydroxylation sites is 1. The predicted octanol–water partition coefficient (Wildman–Crippen LogP) is 6.99. The minimum atomic E-state index is 1.28. The van der Waals surface area contributed by atoms with E-state index >= 15 is 0 Å². The topological polar surface area (TPSA) is 13.1 Å². The van der Waals surface area contributed by atoms with E-state index in [1.165, 1.54) is 32.1 Å². The van der Waals surface area contributed by atoms with Crippen LogP contribution >= 0.6 is 11.3 Å². The first-order chi connectivity index (χ1) is 15.1. The Morgan fingerprint density at radius 3 is 2.03 bits per heavy atom. The summed E-state index contributed by atoms with van der Waals surface area (Å²) >= 11 is 1.79.